The van der Waals surface area contributed by atoms with E-state index in [9.17, 15) is 9.59 Å². The van der Waals surface area contributed by atoms with Gasteiger partial charge in [0, 0.05) is 13.1 Å². The number of hydrazine groups is 1. The zero-order valence-corrected chi connectivity index (χ0v) is 10.6. The standard InChI is InChI=1S/C12H20N2O4/c1-8-6-9(10(7-8)12(16)17)11(15)13-14-2-4-18-5-3-14/h8-10H,2-7H2,1H3,(H,13,15)(H,16,17). The fraction of sp³-hybridized carbons (Fsp3) is 0.833. The summed E-state index contributed by atoms with van der Waals surface area (Å²) in [5.41, 5.74) is 2.82. The van der Waals surface area contributed by atoms with Gasteiger partial charge in [-0.25, -0.2) is 5.01 Å². The number of aliphatic carboxylic acids is 1. The summed E-state index contributed by atoms with van der Waals surface area (Å²) >= 11 is 0. The molecule has 2 rings (SSSR count). The average molecular weight is 256 g/mol. The van der Waals surface area contributed by atoms with Crippen LogP contribution in [0, 0.1) is 17.8 Å². The largest absolute Gasteiger partial charge is 0.481 e. The van der Waals surface area contributed by atoms with Crippen LogP contribution in [0.25, 0.3) is 0 Å². The summed E-state index contributed by atoms with van der Waals surface area (Å²) in [7, 11) is 0. The van der Waals surface area contributed by atoms with E-state index in [1.54, 1.807) is 0 Å². The maximum atomic E-state index is 12.1. The Labute approximate surface area is 106 Å². The quantitative estimate of drug-likeness (QED) is 0.748. The summed E-state index contributed by atoms with van der Waals surface area (Å²) in [4.78, 5) is 23.3. The molecule has 0 bridgehead atoms. The molecule has 1 amide bonds. The van der Waals surface area contributed by atoms with E-state index in [1.807, 2.05) is 11.9 Å². The van der Waals surface area contributed by atoms with Crippen LogP contribution in [0.3, 0.4) is 0 Å². The molecule has 102 valence electrons. The average Bonchev–Trinajstić information content (AvgIpc) is 2.73. The van der Waals surface area contributed by atoms with Crippen LogP contribution in [0.1, 0.15) is 19.8 Å². The number of amides is 1. The Balaban J connectivity index is 1.92. The second kappa shape index (κ2) is 5.67. The second-order valence-corrected chi connectivity index (χ2v) is 5.20. The molecule has 3 unspecified atom stereocenters. The maximum absolute atomic E-state index is 12.1. The Kier molecular flexibility index (Phi) is 4.19. The number of morpholine rings is 1. The fourth-order valence-electron chi connectivity index (χ4n) is 2.77. The zero-order valence-electron chi connectivity index (χ0n) is 10.6. The Morgan fingerprint density at radius 2 is 1.83 bits per heavy atom. The molecular weight excluding hydrogens is 236 g/mol. The van der Waals surface area contributed by atoms with Gasteiger partial charge in [-0.15, -0.1) is 0 Å². The highest BCUT2D eigenvalue weighted by Crippen LogP contribution is 2.36. The van der Waals surface area contributed by atoms with Crippen molar-refractivity contribution in [2.75, 3.05) is 26.3 Å². The van der Waals surface area contributed by atoms with Gasteiger partial charge < -0.3 is 9.84 Å². The molecule has 0 spiro atoms. The summed E-state index contributed by atoms with van der Waals surface area (Å²) in [6.45, 7) is 4.52. The molecule has 1 saturated carbocycles. The van der Waals surface area contributed by atoms with Gasteiger partial charge in [-0.2, -0.15) is 0 Å². The van der Waals surface area contributed by atoms with Crippen LogP contribution in [-0.2, 0) is 14.3 Å². The number of carboxylic acids is 1. The van der Waals surface area contributed by atoms with Crippen molar-refractivity contribution < 1.29 is 19.4 Å². The predicted molar refractivity (Wildman–Crippen MR) is 63.5 cm³/mol. The molecule has 6 heteroatoms. The molecule has 2 N–H and O–H groups in total. The number of carbonyl (C=O) groups excluding carboxylic acids is 1. The first kappa shape index (κ1) is 13.3. The summed E-state index contributed by atoms with van der Waals surface area (Å²) in [6, 6.07) is 0. The minimum absolute atomic E-state index is 0.159. The highest BCUT2D eigenvalue weighted by atomic mass is 16.5. The molecule has 0 aromatic carbocycles. The van der Waals surface area contributed by atoms with E-state index in [0.717, 1.165) is 0 Å². The number of hydrogen-bond donors (Lipinski definition) is 2. The topological polar surface area (TPSA) is 78.9 Å². The van der Waals surface area contributed by atoms with E-state index < -0.39 is 17.8 Å². The van der Waals surface area contributed by atoms with E-state index in [0.29, 0.717) is 45.1 Å². The van der Waals surface area contributed by atoms with Gasteiger partial charge in [0.25, 0.3) is 0 Å². The third kappa shape index (κ3) is 3.00. The molecule has 6 nitrogen and oxygen atoms in total. The maximum Gasteiger partial charge on any atom is 0.307 e. The van der Waals surface area contributed by atoms with Crippen molar-refractivity contribution in [3.05, 3.63) is 0 Å². The van der Waals surface area contributed by atoms with Crippen LogP contribution >= 0.6 is 0 Å². The highest BCUT2D eigenvalue weighted by Gasteiger charge is 2.41. The highest BCUT2D eigenvalue weighted by molar-refractivity contribution is 5.85. The first-order chi connectivity index (χ1) is 8.58. The Hall–Kier alpha value is -1.14. The number of nitrogens with zero attached hydrogens (tertiary/aromatic N) is 1. The van der Waals surface area contributed by atoms with Gasteiger partial charge in [-0.05, 0) is 18.8 Å². The lowest BCUT2D eigenvalue weighted by Gasteiger charge is -2.28. The van der Waals surface area contributed by atoms with Crippen molar-refractivity contribution >= 4 is 11.9 Å². The lowest BCUT2D eigenvalue weighted by atomic mass is 9.96. The van der Waals surface area contributed by atoms with E-state index in [1.165, 1.54) is 0 Å². The van der Waals surface area contributed by atoms with Gasteiger partial charge in [0.15, 0.2) is 0 Å². The van der Waals surface area contributed by atoms with Crippen LogP contribution < -0.4 is 5.43 Å². The molecule has 0 aromatic rings. The number of rotatable bonds is 3. The SMILES string of the molecule is CC1CC(C(=O)O)C(C(=O)NN2CCOCC2)C1. The van der Waals surface area contributed by atoms with Gasteiger partial charge in [-0.1, -0.05) is 6.92 Å². The van der Waals surface area contributed by atoms with Crippen LogP contribution in [-0.4, -0.2) is 48.3 Å². The van der Waals surface area contributed by atoms with E-state index in [4.69, 9.17) is 9.84 Å². The van der Waals surface area contributed by atoms with Crippen molar-refractivity contribution in [2.45, 2.75) is 19.8 Å². The van der Waals surface area contributed by atoms with Crippen molar-refractivity contribution in [1.82, 2.24) is 10.4 Å². The van der Waals surface area contributed by atoms with E-state index in [-0.39, 0.29) is 5.91 Å². The molecule has 0 aromatic heterocycles. The van der Waals surface area contributed by atoms with E-state index >= 15 is 0 Å². The number of carboxylic acid groups (broad SMARTS) is 1. The third-order valence-electron chi connectivity index (χ3n) is 3.73. The first-order valence-corrected chi connectivity index (χ1v) is 6.44. The molecule has 2 fully saturated rings. The van der Waals surface area contributed by atoms with Gasteiger partial charge >= 0.3 is 5.97 Å². The van der Waals surface area contributed by atoms with Crippen LogP contribution in [0.5, 0.6) is 0 Å². The van der Waals surface area contributed by atoms with Gasteiger partial charge in [0.05, 0.1) is 25.0 Å². The van der Waals surface area contributed by atoms with Gasteiger partial charge in [0.1, 0.15) is 0 Å². The van der Waals surface area contributed by atoms with E-state index in [2.05, 4.69) is 5.43 Å². The molecule has 1 heterocycles. The predicted octanol–water partition coefficient (Wildman–Crippen LogP) is 0.0967. The van der Waals surface area contributed by atoms with Gasteiger partial charge in [-0.3, -0.25) is 15.0 Å². The van der Waals surface area contributed by atoms with Crippen molar-refractivity contribution in [1.29, 1.82) is 0 Å². The van der Waals surface area contributed by atoms with Crippen LogP contribution in [0.4, 0.5) is 0 Å². The third-order valence-corrected chi connectivity index (χ3v) is 3.73. The van der Waals surface area contributed by atoms with Crippen LogP contribution in [0.15, 0.2) is 0 Å². The Morgan fingerprint density at radius 1 is 1.22 bits per heavy atom. The zero-order chi connectivity index (χ0) is 13.1. The normalized spacial score (nSPS) is 33.3. The first-order valence-electron chi connectivity index (χ1n) is 6.44. The summed E-state index contributed by atoms with van der Waals surface area (Å²) < 4.78 is 5.20. The molecule has 3 atom stereocenters. The lowest BCUT2D eigenvalue weighted by molar-refractivity contribution is -0.147. The summed E-state index contributed by atoms with van der Waals surface area (Å²) in [6.07, 6.45) is 1.25. The summed E-state index contributed by atoms with van der Waals surface area (Å²) in [5.74, 6) is -1.66. The molecule has 1 saturated heterocycles. The monoisotopic (exact) mass is 256 g/mol. The summed E-state index contributed by atoms with van der Waals surface area (Å²) in [5, 5.41) is 11.0. The molecule has 0 radical (unpaired) electrons. The smallest absolute Gasteiger partial charge is 0.307 e. The molecule has 1 aliphatic carbocycles. The molecule has 1 aliphatic heterocycles. The lowest BCUT2D eigenvalue weighted by Crippen LogP contribution is -2.51. The number of carbonyl (C=O) groups is 2. The number of nitrogens with one attached hydrogen (secondary N) is 1. The molecule has 18 heavy (non-hydrogen) atoms. The fourth-order valence-corrected chi connectivity index (χ4v) is 2.77. The van der Waals surface area contributed by atoms with Crippen molar-refractivity contribution in [2.24, 2.45) is 17.8 Å². The second-order valence-electron chi connectivity index (χ2n) is 5.20. The molecular formula is C12H20N2O4. The Morgan fingerprint density at radius 3 is 2.44 bits per heavy atom. The minimum atomic E-state index is -0.860. The van der Waals surface area contributed by atoms with Crippen molar-refractivity contribution in [3.8, 4) is 0 Å². The number of hydrogen-bond acceptors (Lipinski definition) is 4. The van der Waals surface area contributed by atoms with Crippen molar-refractivity contribution in [3.63, 3.8) is 0 Å². The Bertz CT molecular complexity index is 328. The van der Waals surface area contributed by atoms with Crippen LogP contribution in [0.2, 0.25) is 0 Å². The number of ether oxygens (including phenoxy) is 1. The minimum Gasteiger partial charge on any atom is -0.481 e. The molecule has 2 aliphatic rings. The van der Waals surface area contributed by atoms with Gasteiger partial charge in [0.2, 0.25) is 5.91 Å².